The average molecular weight is 430 g/mol. The number of aromatic nitrogens is 3. The van der Waals surface area contributed by atoms with Crippen LogP contribution < -0.4 is 0 Å². The lowest BCUT2D eigenvalue weighted by Crippen LogP contribution is -2.49. The van der Waals surface area contributed by atoms with Crippen LogP contribution in [0.4, 0.5) is 0 Å². The Morgan fingerprint density at radius 1 is 1.24 bits per heavy atom. The first-order valence-corrected chi connectivity index (χ1v) is 11.0. The highest BCUT2D eigenvalue weighted by Gasteiger charge is 2.33. The van der Waals surface area contributed by atoms with E-state index in [0.29, 0.717) is 42.7 Å². The van der Waals surface area contributed by atoms with Crippen molar-refractivity contribution in [2.75, 3.05) is 26.2 Å². The summed E-state index contributed by atoms with van der Waals surface area (Å²) in [5.41, 5.74) is 0. The predicted octanol–water partition coefficient (Wildman–Crippen LogP) is 3.01. The van der Waals surface area contributed by atoms with E-state index < -0.39 is 0 Å². The topological polar surface area (TPSA) is 87.1 Å². The minimum Gasteiger partial charge on any atom is -0.492 e. The molecule has 0 aromatic carbocycles. The quantitative estimate of drug-likeness (QED) is 0.537. The number of aromatic hydroxyl groups is 1. The molecule has 0 aliphatic carbocycles. The number of amides is 1. The molecule has 5 rings (SSSR count). The van der Waals surface area contributed by atoms with E-state index in [2.05, 4.69) is 21.0 Å². The highest BCUT2D eigenvalue weighted by Crippen LogP contribution is 2.41. The highest BCUT2D eigenvalue weighted by atomic mass is 32.1. The van der Waals surface area contributed by atoms with E-state index in [1.54, 1.807) is 23.5 Å². The Hall–Kier alpha value is -2.69. The molecule has 1 aliphatic rings. The second-order valence-corrected chi connectivity index (χ2v) is 8.86. The van der Waals surface area contributed by atoms with Crippen LogP contribution in [0.1, 0.15) is 32.2 Å². The standard InChI is InChI=1S/C19H19N5O3S2/c1-12-20-19-24(21-12)18(26)16(29-19)15(14-5-3-11-28-14)22-6-8-23(9-7-22)17(25)13-4-2-10-27-13/h2-5,10-11,15,26H,6-9H2,1H3/t15-/m0/s1. The summed E-state index contributed by atoms with van der Waals surface area (Å²) in [6, 6.07) is 7.42. The van der Waals surface area contributed by atoms with Crippen molar-refractivity contribution in [2.24, 2.45) is 0 Å². The van der Waals surface area contributed by atoms with Gasteiger partial charge in [0.15, 0.2) is 5.76 Å². The summed E-state index contributed by atoms with van der Waals surface area (Å²) in [6.07, 6.45) is 1.52. The van der Waals surface area contributed by atoms with Crippen molar-refractivity contribution in [3.05, 3.63) is 57.2 Å². The fourth-order valence-corrected chi connectivity index (χ4v) is 5.78. The first kappa shape index (κ1) is 18.3. The number of thiophene rings is 1. The fraction of sp³-hybridized carbons (Fsp3) is 0.316. The van der Waals surface area contributed by atoms with Gasteiger partial charge < -0.3 is 14.4 Å². The SMILES string of the molecule is Cc1nc2sc([C@H](c3cccs3)N3CCN(C(=O)c4ccco4)CC3)c(O)n2n1. The maximum atomic E-state index is 12.6. The van der Waals surface area contributed by atoms with Gasteiger partial charge >= 0.3 is 0 Å². The molecule has 0 radical (unpaired) electrons. The summed E-state index contributed by atoms with van der Waals surface area (Å²) in [4.78, 5) is 23.7. The summed E-state index contributed by atoms with van der Waals surface area (Å²) in [6.45, 7) is 4.40. The maximum absolute atomic E-state index is 12.6. The molecule has 0 spiro atoms. The zero-order valence-corrected chi connectivity index (χ0v) is 17.3. The van der Waals surface area contributed by atoms with Crippen LogP contribution in [-0.4, -0.2) is 61.6 Å². The van der Waals surface area contributed by atoms with Gasteiger partial charge in [0.2, 0.25) is 10.8 Å². The first-order chi connectivity index (χ1) is 14.1. The summed E-state index contributed by atoms with van der Waals surface area (Å²) in [5.74, 6) is 1.06. The summed E-state index contributed by atoms with van der Waals surface area (Å²) in [5, 5.41) is 17.2. The van der Waals surface area contributed by atoms with Gasteiger partial charge in [0.1, 0.15) is 5.82 Å². The lowest BCUT2D eigenvalue weighted by Gasteiger charge is -2.38. The van der Waals surface area contributed by atoms with Crippen molar-refractivity contribution in [3.63, 3.8) is 0 Å². The monoisotopic (exact) mass is 429 g/mol. The van der Waals surface area contributed by atoms with E-state index in [4.69, 9.17) is 4.42 Å². The smallest absolute Gasteiger partial charge is 0.289 e. The van der Waals surface area contributed by atoms with Crippen LogP contribution in [0.5, 0.6) is 5.88 Å². The molecule has 1 saturated heterocycles. The molecule has 1 fully saturated rings. The van der Waals surface area contributed by atoms with Crippen molar-refractivity contribution in [2.45, 2.75) is 13.0 Å². The van der Waals surface area contributed by atoms with E-state index in [1.807, 2.05) is 23.3 Å². The molecule has 8 nitrogen and oxygen atoms in total. The lowest BCUT2D eigenvalue weighted by molar-refractivity contribution is 0.0570. The number of hydrogen-bond donors (Lipinski definition) is 1. The van der Waals surface area contributed by atoms with Crippen LogP contribution >= 0.6 is 22.7 Å². The van der Waals surface area contributed by atoms with Gasteiger partial charge in [-0.3, -0.25) is 9.69 Å². The molecule has 0 bridgehead atoms. The third-order valence-electron chi connectivity index (χ3n) is 5.07. The molecule has 4 aromatic rings. The van der Waals surface area contributed by atoms with E-state index in [-0.39, 0.29) is 17.8 Å². The van der Waals surface area contributed by atoms with Crippen LogP contribution in [-0.2, 0) is 0 Å². The van der Waals surface area contributed by atoms with Crippen LogP contribution in [0.15, 0.2) is 40.3 Å². The van der Waals surface area contributed by atoms with Gasteiger partial charge in [0, 0.05) is 31.1 Å². The second kappa shape index (κ2) is 7.29. The van der Waals surface area contributed by atoms with E-state index in [1.165, 1.54) is 22.1 Å². The van der Waals surface area contributed by atoms with Crippen LogP contribution in [0, 0.1) is 6.92 Å². The van der Waals surface area contributed by atoms with Crippen molar-refractivity contribution >= 4 is 33.5 Å². The molecule has 29 heavy (non-hydrogen) atoms. The van der Waals surface area contributed by atoms with Gasteiger partial charge in [-0.15, -0.1) is 16.4 Å². The van der Waals surface area contributed by atoms with E-state index in [9.17, 15) is 9.90 Å². The number of piperazine rings is 1. The predicted molar refractivity (Wildman–Crippen MR) is 110 cm³/mol. The van der Waals surface area contributed by atoms with Crippen molar-refractivity contribution in [3.8, 4) is 5.88 Å². The average Bonchev–Trinajstić information content (AvgIpc) is 3.51. The zero-order chi connectivity index (χ0) is 20.0. The summed E-state index contributed by atoms with van der Waals surface area (Å²) in [7, 11) is 0. The molecule has 1 aliphatic heterocycles. The van der Waals surface area contributed by atoms with Gasteiger partial charge in [-0.1, -0.05) is 17.4 Å². The number of nitrogens with zero attached hydrogens (tertiary/aromatic N) is 5. The third-order valence-corrected chi connectivity index (χ3v) is 7.06. The van der Waals surface area contributed by atoms with Crippen molar-refractivity contribution in [1.29, 1.82) is 0 Å². The van der Waals surface area contributed by atoms with Gasteiger partial charge in [0.05, 0.1) is 17.2 Å². The molecule has 150 valence electrons. The molecule has 0 saturated carbocycles. The third kappa shape index (κ3) is 3.22. The Bertz CT molecular complexity index is 1120. The number of carbonyl (C=O) groups excluding carboxylic acids is 1. The van der Waals surface area contributed by atoms with Gasteiger partial charge in [-0.05, 0) is 30.5 Å². The molecule has 4 aromatic heterocycles. The molecule has 1 amide bonds. The first-order valence-electron chi connectivity index (χ1n) is 9.27. The molecular weight excluding hydrogens is 410 g/mol. The van der Waals surface area contributed by atoms with Gasteiger partial charge in [-0.25, -0.2) is 4.98 Å². The van der Waals surface area contributed by atoms with Crippen LogP contribution in [0.25, 0.3) is 4.96 Å². The largest absolute Gasteiger partial charge is 0.492 e. The Kier molecular flexibility index (Phi) is 4.61. The van der Waals surface area contributed by atoms with Gasteiger partial charge in [0.25, 0.3) is 5.91 Å². The number of carbonyl (C=O) groups is 1. The maximum Gasteiger partial charge on any atom is 0.289 e. The Morgan fingerprint density at radius 2 is 2.07 bits per heavy atom. The lowest BCUT2D eigenvalue weighted by atomic mass is 10.1. The van der Waals surface area contributed by atoms with Crippen molar-refractivity contribution in [1.82, 2.24) is 24.4 Å². The Labute approximate surface area is 174 Å². The summed E-state index contributed by atoms with van der Waals surface area (Å²) < 4.78 is 6.76. The number of fused-ring (bicyclic) bond motifs is 1. The molecule has 5 heterocycles. The number of hydrogen-bond acceptors (Lipinski definition) is 8. The minimum atomic E-state index is -0.0929. The van der Waals surface area contributed by atoms with E-state index >= 15 is 0 Å². The molecular formula is C19H19N5O3S2. The van der Waals surface area contributed by atoms with Crippen LogP contribution in [0.2, 0.25) is 0 Å². The number of rotatable bonds is 4. The van der Waals surface area contributed by atoms with Crippen LogP contribution in [0.3, 0.4) is 0 Å². The highest BCUT2D eigenvalue weighted by molar-refractivity contribution is 7.17. The Morgan fingerprint density at radius 3 is 2.72 bits per heavy atom. The summed E-state index contributed by atoms with van der Waals surface area (Å²) >= 11 is 3.12. The number of aryl methyl sites for hydroxylation is 1. The normalized spacial score (nSPS) is 16.5. The van der Waals surface area contributed by atoms with Crippen molar-refractivity contribution < 1.29 is 14.3 Å². The number of thiazole rings is 1. The molecule has 10 heteroatoms. The molecule has 1 N–H and O–H groups in total. The minimum absolute atomic E-state index is 0.0839. The zero-order valence-electron chi connectivity index (χ0n) is 15.7. The Balaban J connectivity index is 1.42. The second-order valence-electron chi connectivity index (χ2n) is 6.87. The molecule has 1 atom stereocenters. The van der Waals surface area contributed by atoms with Gasteiger partial charge in [-0.2, -0.15) is 4.52 Å². The van der Waals surface area contributed by atoms with E-state index in [0.717, 1.165) is 9.75 Å². The number of furan rings is 1. The molecule has 0 unspecified atom stereocenters. The fourth-order valence-electron chi connectivity index (χ4n) is 3.69.